The van der Waals surface area contributed by atoms with Gasteiger partial charge in [-0.25, -0.2) is 13.1 Å². The van der Waals surface area contributed by atoms with E-state index >= 15 is 0 Å². The van der Waals surface area contributed by atoms with Crippen molar-refractivity contribution in [1.82, 2.24) is 19.6 Å². The van der Waals surface area contributed by atoms with E-state index in [1.807, 2.05) is 37.4 Å². The first-order valence-corrected chi connectivity index (χ1v) is 28.6. The van der Waals surface area contributed by atoms with Gasteiger partial charge in [-0.15, -0.1) is 0 Å². The summed E-state index contributed by atoms with van der Waals surface area (Å²) in [5.74, 6) is 0.705. The first-order valence-electron chi connectivity index (χ1n) is 27.1. The van der Waals surface area contributed by atoms with Crippen LogP contribution in [-0.4, -0.2) is 102 Å². The summed E-state index contributed by atoms with van der Waals surface area (Å²) in [6.07, 6.45) is 11.7. The Bertz CT molecular complexity index is 3040. The Morgan fingerprint density at radius 1 is 0.959 bits per heavy atom. The van der Waals surface area contributed by atoms with Gasteiger partial charge in [-0.05, 0) is 161 Å². The largest absolute Gasteiger partial charge is 0.468 e. The number of H-pyrrole nitrogens is 1. The Kier molecular flexibility index (Phi) is 13.5. The Hall–Kier alpha value is -5.75. The number of piperidine rings is 2. The predicted molar refractivity (Wildman–Crippen MR) is 287 cm³/mol. The number of sulfonamides is 1. The van der Waals surface area contributed by atoms with Gasteiger partial charge < -0.3 is 34.7 Å². The number of likely N-dealkylation sites (tertiary alicyclic amines) is 1. The lowest BCUT2D eigenvalue weighted by atomic mass is 9.51. The molecule has 1 amide bonds. The number of rotatable bonds is 12. The van der Waals surface area contributed by atoms with Gasteiger partial charge in [0.15, 0.2) is 0 Å². The number of benzene rings is 3. The number of nitro groups is 1. The summed E-state index contributed by atoms with van der Waals surface area (Å²) in [4.78, 5) is 41.7. The fourth-order valence-electron chi connectivity index (χ4n) is 13.8. The number of carbonyl (C=O) groups excluding carboxylic acids is 1. The lowest BCUT2D eigenvalue weighted by Gasteiger charge is -2.63. The molecule has 6 aliphatic rings. The van der Waals surface area contributed by atoms with Crippen LogP contribution in [0.25, 0.3) is 11.0 Å². The van der Waals surface area contributed by atoms with Crippen molar-refractivity contribution < 1.29 is 32.7 Å². The monoisotopic (exact) mass is 1030 g/mol. The molecular weight excluding hydrogens is 957 g/mol. The van der Waals surface area contributed by atoms with E-state index in [1.165, 1.54) is 48.9 Å². The number of nitrogens with one attached hydrogen (secondary N) is 3. The van der Waals surface area contributed by atoms with Crippen molar-refractivity contribution in [1.29, 1.82) is 0 Å². The van der Waals surface area contributed by atoms with Crippen LogP contribution in [0.4, 0.5) is 28.4 Å². The molecule has 17 heteroatoms. The SMILES string of the molecule is CC(C)c1ccccc1[C@@H]1CCCCN1[C@H]1C[C@@]2(CCN(c3ccc(C(=O)NS(=O)(=O)c4ccc(NCC5CCC(C)(O)CC5)c([N+](=O)[O-])c4)c(N4c5cc6cc[nH]c6nc5O[C@H]5COCC[C@@H]54)c3)[C@H](C)C2)[C@@H]1C. The van der Waals surface area contributed by atoms with Gasteiger partial charge in [-0.3, -0.25) is 19.8 Å². The average Bonchev–Trinajstić information content (AvgIpc) is 3.86. The lowest BCUT2D eigenvalue weighted by Crippen LogP contribution is -2.63. The highest BCUT2D eigenvalue weighted by molar-refractivity contribution is 7.90. The van der Waals surface area contributed by atoms with Crippen LogP contribution >= 0.6 is 0 Å². The minimum absolute atomic E-state index is 0.121. The number of carbonyl (C=O) groups is 1. The van der Waals surface area contributed by atoms with Crippen LogP contribution in [0.1, 0.15) is 139 Å². The van der Waals surface area contributed by atoms with E-state index < -0.39 is 43.1 Å². The third kappa shape index (κ3) is 9.40. The maximum absolute atomic E-state index is 14.8. The summed E-state index contributed by atoms with van der Waals surface area (Å²) in [5.41, 5.74) is 5.08. The van der Waals surface area contributed by atoms with Crippen LogP contribution in [0.2, 0.25) is 0 Å². The maximum Gasteiger partial charge on any atom is 0.293 e. The number of anilines is 4. The molecule has 7 atom stereocenters. The highest BCUT2D eigenvalue weighted by Gasteiger charge is 2.56. The molecule has 394 valence electrons. The summed E-state index contributed by atoms with van der Waals surface area (Å²) in [6.45, 7) is 14.4. The van der Waals surface area contributed by atoms with Gasteiger partial charge in [-0.2, -0.15) is 4.98 Å². The Labute approximate surface area is 434 Å². The third-order valence-electron chi connectivity index (χ3n) is 18.1. The van der Waals surface area contributed by atoms with Gasteiger partial charge in [0.05, 0.1) is 39.3 Å². The highest BCUT2D eigenvalue weighted by atomic mass is 32.2. The summed E-state index contributed by atoms with van der Waals surface area (Å²) in [7, 11) is -4.63. The van der Waals surface area contributed by atoms with Crippen molar-refractivity contribution in [3.63, 3.8) is 0 Å². The number of amides is 1. The molecule has 2 aromatic heterocycles. The van der Waals surface area contributed by atoms with E-state index in [2.05, 4.69) is 81.7 Å². The fraction of sp³-hybridized carbons (Fsp3) is 0.544. The van der Waals surface area contributed by atoms with Crippen molar-refractivity contribution in [2.75, 3.05) is 48.0 Å². The Morgan fingerprint density at radius 2 is 1.77 bits per heavy atom. The number of aromatic nitrogens is 2. The van der Waals surface area contributed by atoms with Crippen LogP contribution in [0, 0.1) is 27.4 Å². The van der Waals surface area contributed by atoms with E-state index in [4.69, 9.17) is 14.5 Å². The van der Waals surface area contributed by atoms with Gasteiger partial charge in [0.25, 0.3) is 21.6 Å². The zero-order chi connectivity index (χ0) is 51.7. The number of fused-ring (bicyclic) bond motifs is 3. The van der Waals surface area contributed by atoms with Crippen LogP contribution < -0.4 is 24.6 Å². The van der Waals surface area contributed by atoms with Crippen molar-refractivity contribution >= 4 is 55.4 Å². The van der Waals surface area contributed by atoms with E-state index in [9.17, 15) is 28.4 Å². The highest BCUT2D eigenvalue weighted by Crippen LogP contribution is 2.59. The van der Waals surface area contributed by atoms with Gasteiger partial charge in [0.2, 0.25) is 5.88 Å². The molecule has 74 heavy (non-hydrogen) atoms. The maximum atomic E-state index is 14.8. The molecule has 11 rings (SSSR count). The first kappa shape index (κ1) is 50.4. The standard InChI is InChI=1S/C57H72N8O8S/c1-35(2)42-10-6-7-11-43(42)46-12-8-9-25-63(46)51-32-57(37(51)4)23-26-62(36(3)31-57)40-13-15-44(48(29-40)64-47-20-27-72-34-52(47)73-55-50(64)28-39-19-24-58-53(39)60-55)54(66)61-74(70,71)41-14-16-45(49(30-41)65(68)69)59-33-38-17-21-56(5,67)22-18-38/h6-7,10-11,13-16,19,24,28-30,35-38,46-47,51-52,59,67H,8-9,12,17-18,20-23,25-27,31-34H2,1-5H3,(H,58,60)(H,61,66)/t36-,37-,38?,46+,47+,51+,52+,56?,57+/m1/s1. The summed E-state index contributed by atoms with van der Waals surface area (Å²) >= 11 is 0. The molecule has 0 bridgehead atoms. The number of aliphatic hydroxyl groups is 1. The van der Waals surface area contributed by atoms with Crippen molar-refractivity contribution in [2.45, 2.75) is 152 Å². The van der Waals surface area contributed by atoms with Crippen molar-refractivity contribution in [3.05, 3.63) is 106 Å². The smallest absolute Gasteiger partial charge is 0.293 e. The molecule has 5 aromatic rings. The minimum atomic E-state index is -4.63. The lowest BCUT2D eigenvalue weighted by molar-refractivity contribution is -0.384. The molecule has 4 N–H and O–H groups in total. The molecule has 1 spiro atoms. The molecule has 3 saturated heterocycles. The molecule has 0 unspecified atom stereocenters. The van der Waals surface area contributed by atoms with Crippen LogP contribution in [-0.2, 0) is 14.8 Å². The Balaban J connectivity index is 0.886. The minimum Gasteiger partial charge on any atom is -0.468 e. The Morgan fingerprint density at radius 3 is 2.54 bits per heavy atom. The van der Waals surface area contributed by atoms with Gasteiger partial charge >= 0.3 is 0 Å². The normalized spacial score (nSPS) is 29.3. The number of hydrogen-bond donors (Lipinski definition) is 4. The molecular formula is C57H72N8O8S. The molecule has 6 heterocycles. The van der Waals surface area contributed by atoms with E-state index in [-0.39, 0.29) is 34.7 Å². The average molecular weight is 1030 g/mol. The zero-order valence-electron chi connectivity index (χ0n) is 43.4. The van der Waals surface area contributed by atoms with Gasteiger partial charge in [-0.1, -0.05) is 51.5 Å². The molecule has 3 aromatic carbocycles. The molecule has 4 aliphatic heterocycles. The zero-order valence-corrected chi connectivity index (χ0v) is 44.2. The third-order valence-corrected chi connectivity index (χ3v) is 19.4. The second-order valence-corrected chi connectivity index (χ2v) is 24.7. The van der Waals surface area contributed by atoms with Gasteiger partial charge in [0.1, 0.15) is 23.1 Å². The summed E-state index contributed by atoms with van der Waals surface area (Å²) in [5, 5.41) is 26.8. The van der Waals surface area contributed by atoms with Crippen molar-refractivity contribution in [3.8, 4) is 5.88 Å². The molecule has 0 radical (unpaired) electrons. The first-order chi connectivity index (χ1) is 35.5. The number of aromatic amines is 1. The quantitative estimate of drug-likeness (QED) is 0.0681. The number of ether oxygens (including phenoxy) is 2. The van der Waals surface area contributed by atoms with Crippen LogP contribution in [0.3, 0.4) is 0 Å². The second-order valence-electron chi connectivity index (χ2n) is 23.0. The number of hydrogen-bond acceptors (Lipinski definition) is 13. The number of nitro benzene ring substituents is 1. The van der Waals surface area contributed by atoms with Gasteiger partial charge in [0, 0.05) is 61.2 Å². The fourth-order valence-corrected chi connectivity index (χ4v) is 14.8. The second kappa shape index (κ2) is 19.7. The van der Waals surface area contributed by atoms with Crippen LogP contribution in [0.15, 0.2) is 83.9 Å². The number of pyridine rings is 1. The van der Waals surface area contributed by atoms with Crippen LogP contribution in [0.5, 0.6) is 5.88 Å². The molecule has 5 fully saturated rings. The summed E-state index contributed by atoms with van der Waals surface area (Å²) < 4.78 is 43.3. The van der Waals surface area contributed by atoms with E-state index in [0.29, 0.717) is 85.8 Å². The predicted octanol–water partition coefficient (Wildman–Crippen LogP) is 10.4. The summed E-state index contributed by atoms with van der Waals surface area (Å²) in [6, 6.07) is 23.2. The molecule has 16 nitrogen and oxygen atoms in total. The number of nitrogens with zero attached hydrogens (tertiary/aromatic N) is 5. The molecule has 2 aliphatic carbocycles. The van der Waals surface area contributed by atoms with E-state index in [1.54, 1.807) is 6.07 Å². The topological polar surface area (TPSA) is 196 Å². The molecule has 2 saturated carbocycles. The van der Waals surface area contributed by atoms with E-state index in [0.717, 1.165) is 55.9 Å². The van der Waals surface area contributed by atoms with Crippen molar-refractivity contribution in [2.24, 2.45) is 17.3 Å².